The van der Waals surface area contributed by atoms with E-state index in [1.165, 1.54) is 38.4 Å². The molecule has 0 amide bonds. The minimum atomic E-state index is -3.60. The van der Waals surface area contributed by atoms with Gasteiger partial charge in [0.2, 0.25) is 10.0 Å². The standard InChI is InChI=1S/C14H21FN2O2S/c1-10(3-4-11-5-6-11)17-14-8-7-12(9-13(14)15)20(18,19)16-2/h7-11,16-17H,3-6H2,1-2H3. The van der Waals surface area contributed by atoms with E-state index < -0.39 is 15.8 Å². The number of benzene rings is 1. The SMILES string of the molecule is CNS(=O)(=O)c1ccc(NC(C)CCC2CC2)c(F)c1. The topological polar surface area (TPSA) is 58.2 Å². The van der Waals surface area contributed by atoms with Crippen molar-refractivity contribution in [1.82, 2.24) is 4.72 Å². The van der Waals surface area contributed by atoms with Crippen molar-refractivity contribution in [1.29, 1.82) is 0 Å². The fourth-order valence-electron chi connectivity index (χ4n) is 2.13. The van der Waals surface area contributed by atoms with E-state index in [9.17, 15) is 12.8 Å². The second kappa shape index (κ2) is 6.10. The van der Waals surface area contributed by atoms with E-state index in [2.05, 4.69) is 10.0 Å². The molecule has 0 radical (unpaired) electrons. The fraction of sp³-hybridized carbons (Fsp3) is 0.571. The second-order valence-corrected chi connectivity index (χ2v) is 7.30. The molecule has 0 saturated heterocycles. The summed E-state index contributed by atoms with van der Waals surface area (Å²) in [6.07, 6.45) is 4.80. The van der Waals surface area contributed by atoms with Crippen LogP contribution < -0.4 is 10.0 Å². The zero-order chi connectivity index (χ0) is 14.8. The number of hydrogen-bond acceptors (Lipinski definition) is 3. The molecule has 0 aromatic heterocycles. The number of nitrogens with one attached hydrogen (secondary N) is 2. The molecule has 4 nitrogen and oxygen atoms in total. The summed E-state index contributed by atoms with van der Waals surface area (Å²) in [6.45, 7) is 2.01. The van der Waals surface area contributed by atoms with E-state index in [4.69, 9.17) is 0 Å². The maximum absolute atomic E-state index is 13.9. The average molecular weight is 300 g/mol. The molecule has 20 heavy (non-hydrogen) atoms. The highest BCUT2D eigenvalue weighted by Crippen LogP contribution is 2.34. The molecule has 1 aliphatic carbocycles. The van der Waals surface area contributed by atoms with Crippen molar-refractivity contribution >= 4 is 15.7 Å². The van der Waals surface area contributed by atoms with E-state index in [-0.39, 0.29) is 10.9 Å². The first-order valence-corrected chi connectivity index (χ1v) is 8.40. The van der Waals surface area contributed by atoms with Crippen molar-refractivity contribution in [3.05, 3.63) is 24.0 Å². The number of hydrogen-bond donors (Lipinski definition) is 2. The summed E-state index contributed by atoms with van der Waals surface area (Å²) in [5, 5.41) is 3.10. The minimum absolute atomic E-state index is 0.0614. The molecule has 6 heteroatoms. The summed E-state index contributed by atoms with van der Waals surface area (Å²) in [4.78, 5) is -0.0614. The van der Waals surface area contributed by atoms with Gasteiger partial charge in [-0.2, -0.15) is 0 Å². The molecule has 0 aliphatic heterocycles. The average Bonchev–Trinajstić information content (AvgIpc) is 3.22. The summed E-state index contributed by atoms with van der Waals surface area (Å²) in [7, 11) is -2.29. The van der Waals surface area contributed by atoms with Crippen molar-refractivity contribution in [2.24, 2.45) is 5.92 Å². The van der Waals surface area contributed by atoms with Crippen LogP contribution in [0.1, 0.15) is 32.6 Å². The molecular formula is C14H21FN2O2S. The summed E-state index contributed by atoms with van der Waals surface area (Å²) in [6, 6.07) is 4.11. The van der Waals surface area contributed by atoms with E-state index >= 15 is 0 Å². The van der Waals surface area contributed by atoms with Gasteiger partial charge < -0.3 is 5.32 Å². The Bertz CT molecular complexity index is 571. The van der Waals surface area contributed by atoms with Crippen molar-refractivity contribution in [2.45, 2.75) is 43.5 Å². The lowest BCUT2D eigenvalue weighted by molar-refractivity contribution is 0.581. The lowest BCUT2D eigenvalue weighted by Crippen LogP contribution is -2.19. The van der Waals surface area contributed by atoms with Gasteiger partial charge in [-0.1, -0.05) is 12.8 Å². The second-order valence-electron chi connectivity index (χ2n) is 5.42. The van der Waals surface area contributed by atoms with Gasteiger partial charge in [0.15, 0.2) is 0 Å². The number of sulfonamides is 1. The molecule has 1 unspecified atom stereocenters. The summed E-state index contributed by atoms with van der Waals surface area (Å²) in [5.41, 5.74) is 0.350. The minimum Gasteiger partial charge on any atom is -0.380 e. The lowest BCUT2D eigenvalue weighted by atomic mass is 10.1. The Hall–Kier alpha value is -1.14. The number of rotatable bonds is 7. The van der Waals surface area contributed by atoms with Crippen LogP contribution in [-0.4, -0.2) is 21.5 Å². The predicted octanol–water partition coefficient (Wildman–Crippen LogP) is 2.72. The first-order valence-electron chi connectivity index (χ1n) is 6.92. The molecular weight excluding hydrogens is 279 g/mol. The Labute approximate surface area is 119 Å². The molecule has 1 atom stereocenters. The maximum Gasteiger partial charge on any atom is 0.240 e. The van der Waals surface area contributed by atoms with Crippen molar-refractivity contribution in [3.63, 3.8) is 0 Å². The normalized spacial score (nSPS) is 16.9. The Balaban J connectivity index is 2.01. The predicted molar refractivity (Wildman–Crippen MR) is 77.7 cm³/mol. The van der Waals surface area contributed by atoms with Crippen LogP contribution in [0.3, 0.4) is 0 Å². The van der Waals surface area contributed by atoms with Crippen LogP contribution in [0.15, 0.2) is 23.1 Å². The molecule has 2 rings (SSSR count). The molecule has 1 fully saturated rings. The quantitative estimate of drug-likeness (QED) is 0.814. The number of anilines is 1. The van der Waals surface area contributed by atoms with Crippen LogP contribution in [0.2, 0.25) is 0 Å². The molecule has 0 spiro atoms. The zero-order valence-corrected chi connectivity index (χ0v) is 12.6. The van der Waals surface area contributed by atoms with Gasteiger partial charge in [0.05, 0.1) is 10.6 Å². The van der Waals surface area contributed by atoms with E-state index in [1.54, 1.807) is 0 Å². The lowest BCUT2D eigenvalue weighted by Gasteiger charge is -2.16. The highest BCUT2D eigenvalue weighted by atomic mass is 32.2. The van der Waals surface area contributed by atoms with Gasteiger partial charge in [0.1, 0.15) is 5.82 Å². The zero-order valence-electron chi connectivity index (χ0n) is 11.8. The highest BCUT2D eigenvalue weighted by Gasteiger charge is 2.21. The molecule has 0 bridgehead atoms. The van der Waals surface area contributed by atoms with Crippen LogP contribution >= 0.6 is 0 Å². The molecule has 0 heterocycles. The van der Waals surface area contributed by atoms with Crippen LogP contribution in [-0.2, 0) is 10.0 Å². The molecule has 112 valence electrons. The first kappa shape index (κ1) is 15.3. The van der Waals surface area contributed by atoms with Gasteiger partial charge in [-0.25, -0.2) is 17.5 Å². The van der Waals surface area contributed by atoms with Gasteiger partial charge in [-0.3, -0.25) is 0 Å². The first-order chi connectivity index (χ1) is 9.42. The molecule has 1 aromatic rings. The summed E-state index contributed by atoms with van der Waals surface area (Å²) < 4.78 is 39.2. The third-order valence-electron chi connectivity index (χ3n) is 3.63. The van der Waals surface area contributed by atoms with Gasteiger partial charge in [0.25, 0.3) is 0 Å². The van der Waals surface area contributed by atoms with Crippen LogP contribution in [0.5, 0.6) is 0 Å². The smallest absolute Gasteiger partial charge is 0.240 e. The molecule has 1 aliphatic rings. The van der Waals surface area contributed by atoms with E-state index in [1.807, 2.05) is 6.92 Å². The summed E-state index contributed by atoms with van der Waals surface area (Å²) in [5.74, 6) is 0.312. The van der Waals surface area contributed by atoms with E-state index in [0.717, 1.165) is 18.4 Å². The Morgan fingerprint density at radius 2 is 2.10 bits per heavy atom. The third kappa shape index (κ3) is 3.93. The van der Waals surface area contributed by atoms with Gasteiger partial charge in [-0.05, 0) is 50.9 Å². The van der Waals surface area contributed by atoms with E-state index in [0.29, 0.717) is 5.69 Å². The van der Waals surface area contributed by atoms with Gasteiger partial charge in [0, 0.05) is 6.04 Å². The monoisotopic (exact) mass is 300 g/mol. The summed E-state index contributed by atoms with van der Waals surface area (Å²) >= 11 is 0. The van der Waals surface area contributed by atoms with Crippen molar-refractivity contribution < 1.29 is 12.8 Å². The van der Waals surface area contributed by atoms with Crippen LogP contribution in [0.4, 0.5) is 10.1 Å². The van der Waals surface area contributed by atoms with Gasteiger partial charge in [-0.15, -0.1) is 0 Å². The van der Waals surface area contributed by atoms with Crippen LogP contribution in [0, 0.1) is 11.7 Å². The molecule has 1 aromatic carbocycles. The van der Waals surface area contributed by atoms with Crippen molar-refractivity contribution in [3.8, 4) is 0 Å². The maximum atomic E-state index is 13.9. The number of halogens is 1. The molecule has 2 N–H and O–H groups in total. The largest absolute Gasteiger partial charge is 0.380 e. The van der Waals surface area contributed by atoms with Crippen molar-refractivity contribution in [2.75, 3.05) is 12.4 Å². The Morgan fingerprint density at radius 3 is 2.65 bits per heavy atom. The van der Waals surface area contributed by atoms with Gasteiger partial charge >= 0.3 is 0 Å². The van der Waals surface area contributed by atoms with Crippen LogP contribution in [0.25, 0.3) is 0 Å². The third-order valence-corrected chi connectivity index (χ3v) is 5.04. The Kier molecular flexibility index (Phi) is 4.65. The fourth-order valence-corrected chi connectivity index (χ4v) is 2.87. The highest BCUT2D eigenvalue weighted by molar-refractivity contribution is 7.89. The molecule has 1 saturated carbocycles. The Morgan fingerprint density at radius 1 is 1.40 bits per heavy atom.